The lowest BCUT2D eigenvalue weighted by Crippen LogP contribution is -2.47. The van der Waals surface area contributed by atoms with Gasteiger partial charge in [0, 0.05) is 19.2 Å². The molecule has 1 heterocycles. The molecule has 148 valence electrons. The number of amides is 2. The van der Waals surface area contributed by atoms with Gasteiger partial charge in [0.1, 0.15) is 11.5 Å². The van der Waals surface area contributed by atoms with Crippen LogP contribution in [0.1, 0.15) is 35.9 Å². The molecule has 0 radical (unpaired) electrons. The second kappa shape index (κ2) is 8.65. The number of methoxy groups -OCH3 is 1. The van der Waals surface area contributed by atoms with Gasteiger partial charge >= 0.3 is 12.0 Å². The molecule has 2 amide bonds. The Hall–Kier alpha value is -3.22. The van der Waals surface area contributed by atoms with E-state index >= 15 is 0 Å². The van der Waals surface area contributed by atoms with Crippen molar-refractivity contribution < 1.29 is 24.5 Å². The number of likely N-dealkylation sites (tertiary alicyclic amines) is 1. The topological polar surface area (TPSA) is 99.1 Å². The highest BCUT2D eigenvalue weighted by Gasteiger charge is 2.29. The lowest BCUT2D eigenvalue weighted by molar-refractivity contribution is -0.143. The number of piperidine rings is 1. The Labute approximate surface area is 163 Å². The predicted molar refractivity (Wildman–Crippen MR) is 103 cm³/mol. The van der Waals surface area contributed by atoms with Crippen LogP contribution in [0.15, 0.2) is 48.5 Å². The fraction of sp³-hybridized carbons (Fsp3) is 0.333. The molecular formula is C21H24N2O5. The van der Waals surface area contributed by atoms with E-state index in [1.165, 1.54) is 13.2 Å². The van der Waals surface area contributed by atoms with Crippen molar-refractivity contribution in [2.24, 2.45) is 0 Å². The van der Waals surface area contributed by atoms with Crippen molar-refractivity contribution in [1.29, 1.82) is 0 Å². The summed E-state index contributed by atoms with van der Waals surface area (Å²) in [4.78, 5) is 26.5. The summed E-state index contributed by atoms with van der Waals surface area (Å²) in [7, 11) is 1.29. The Kier molecular flexibility index (Phi) is 6.03. The zero-order chi connectivity index (χ0) is 20.1. The largest absolute Gasteiger partial charge is 0.508 e. The average Bonchev–Trinajstić information content (AvgIpc) is 2.72. The van der Waals surface area contributed by atoms with E-state index in [1.807, 2.05) is 6.07 Å². The molecule has 28 heavy (non-hydrogen) atoms. The van der Waals surface area contributed by atoms with Crippen LogP contribution in [-0.4, -0.2) is 47.3 Å². The maximum absolute atomic E-state index is 12.7. The van der Waals surface area contributed by atoms with Gasteiger partial charge in [0.15, 0.2) is 6.04 Å². The Balaban J connectivity index is 1.63. The fourth-order valence-corrected chi connectivity index (χ4v) is 3.53. The first-order chi connectivity index (χ1) is 13.5. The van der Waals surface area contributed by atoms with Crippen molar-refractivity contribution in [3.05, 3.63) is 59.7 Å². The summed E-state index contributed by atoms with van der Waals surface area (Å²) < 4.78 is 4.83. The molecule has 0 bridgehead atoms. The molecule has 3 N–H and O–H groups in total. The fourth-order valence-electron chi connectivity index (χ4n) is 3.53. The van der Waals surface area contributed by atoms with Gasteiger partial charge in [-0.1, -0.05) is 36.4 Å². The molecule has 0 spiro atoms. The molecule has 7 nitrogen and oxygen atoms in total. The van der Waals surface area contributed by atoms with E-state index in [0.29, 0.717) is 31.5 Å². The van der Waals surface area contributed by atoms with E-state index < -0.39 is 12.0 Å². The first-order valence-corrected chi connectivity index (χ1v) is 9.19. The van der Waals surface area contributed by atoms with E-state index in [-0.39, 0.29) is 23.4 Å². The summed E-state index contributed by atoms with van der Waals surface area (Å²) in [5, 5.41) is 22.2. The predicted octanol–water partition coefficient (Wildman–Crippen LogP) is 2.90. The molecule has 0 aromatic heterocycles. The summed E-state index contributed by atoms with van der Waals surface area (Å²) >= 11 is 0. The highest BCUT2D eigenvalue weighted by Crippen LogP contribution is 2.35. The second-order valence-electron chi connectivity index (χ2n) is 6.82. The highest BCUT2D eigenvalue weighted by atomic mass is 16.5. The number of benzene rings is 2. The number of aromatic hydroxyl groups is 2. The van der Waals surface area contributed by atoms with Crippen molar-refractivity contribution in [2.45, 2.75) is 24.8 Å². The molecule has 1 aliphatic heterocycles. The minimum Gasteiger partial charge on any atom is -0.508 e. The third kappa shape index (κ3) is 4.36. The monoisotopic (exact) mass is 384 g/mol. The molecule has 1 fully saturated rings. The van der Waals surface area contributed by atoms with E-state index in [9.17, 15) is 19.8 Å². The number of phenols is 2. The lowest BCUT2D eigenvalue weighted by atomic mass is 9.89. The Bertz CT molecular complexity index is 832. The third-order valence-electron chi connectivity index (χ3n) is 5.07. The zero-order valence-corrected chi connectivity index (χ0v) is 15.7. The highest BCUT2D eigenvalue weighted by molar-refractivity contribution is 5.84. The third-order valence-corrected chi connectivity index (χ3v) is 5.07. The van der Waals surface area contributed by atoms with Crippen LogP contribution in [0.3, 0.4) is 0 Å². The Morgan fingerprint density at radius 2 is 1.79 bits per heavy atom. The van der Waals surface area contributed by atoms with Gasteiger partial charge in [-0.05, 0) is 36.0 Å². The SMILES string of the molecule is COC(=O)[C@H](NC(=O)N1CCC(c2ccc(O)cc2O)CC1)c1ccccc1. The number of rotatable bonds is 4. The number of hydrogen-bond acceptors (Lipinski definition) is 5. The molecule has 1 saturated heterocycles. The molecule has 2 aromatic carbocycles. The van der Waals surface area contributed by atoms with Crippen LogP contribution < -0.4 is 5.32 Å². The number of esters is 1. The van der Waals surface area contributed by atoms with Crippen molar-refractivity contribution in [1.82, 2.24) is 10.2 Å². The Morgan fingerprint density at radius 1 is 1.11 bits per heavy atom. The number of carbonyl (C=O) groups is 2. The number of carbonyl (C=O) groups excluding carboxylic acids is 2. The van der Waals surface area contributed by atoms with Crippen LogP contribution in [0, 0.1) is 0 Å². The molecular weight excluding hydrogens is 360 g/mol. The number of nitrogens with one attached hydrogen (secondary N) is 1. The van der Waals surface area contributed by atoms with Crippen LogP contribution in [0.25, 0.3) is 0 Å². The van der Waals surface area contributed by atoms with Crippen LogP contribution >= 0.6 is 0 Å². The Morgan fingerprint density at radius 3 is 2.39 bits per heavy atom. The van der Waals surface area contributed by atoms with E-state index in [0.717, 1.165) is 5.56 Å². The summed E-state index contributed by atoms with van der Waals surface area (Å²) in [5.74, 6) is -0.329. The lowest BCUT2D eigenvalue weighted by Gasteiger charge is -2.33. The smallest absolute Gasteiger partial charge is 0.333 e. The van der Waals surface area contributed by atoms with Crippen LogP contribution in [0.2, 0.25) is 0 Å². The van der Waals surface area contributed by atoms with Gasteiger partial charge in [-0.25, -0.2) is 9.59 Å². The zero-order valence-electron chi connectivity index (χ0n) is 15.7. The number of phenolic OH excluding ortho intramolecular Hbond substituents is 2. The molecule has 0 unspecified atom stereocenters. The van der Waals surface area contributed by atoms with E-state index in [1.54, 1.807) is 41.3 Å². The summed E-state index contributed by atoms with van der Waals surface area (Å²) in [6.45, 7) is 0.999. The minimum atomic E-state index is -0.863. The maximum atomic E-state index is 12.7. The minimum absolute atomic E-state index is 0.0211. The summed E-state index contributed by atoms with van der Waals surface area (Å²) in [5.41, 5.74) is 1.43. The first-order valence-electron chi connectivity index (χ1n) is 9.19. The summed E-state index contributed by atoms with van der Waals surface area (Å²) in [6, 6.07) is 12.4. The van der Waals surface area contributed by atoms with Crippen molar-refractivity contribution >= 4 is 12.0 Å². The number of urea groups is 1. The molecule has 3 rings (SSSR count). The van der Waals surface area contributed by atoms with Crippen molar-refractivity contribution in [3.8, 4) is 11.5 Å². The molecule has 7 heteroatoms. The first kappa shape index (κ1) is 19.5. The van der Waals surface area contributed by atoms with Gasteiger partial charge in [0.25, 0.3) is 0 Å². The molecule has 2 aromatic rings. The quantitative estimate of drug-likeness (QED) is 0.704. The van der Waals surface area contributed by atoms with Crippen molar-refractivity contribution in [3.63, 3.8) is 0 Å². The normalized spacial score (nSPS) is 15.7. The molecule has 1 atom stereocenters. The average molecular weight is 384 g/mol. The van der Waals surface area contributed by atoms with Gasteiger partial charge in [-0.3, -0.25) is 0 Å². The number of ether oxygens (including phenoxy) is 1. The van der Waals surface area contributed by atoms with Crippen LogP contribution in [-0.2, 0) is 9.53 Å². The standard InChI is InChI=1S/C21H24N2O5/c1-28-20(26)19(15-5-3-2-4-6-15)22-21(27)23-11-9-14(10-12-23)17-8-7-16(24)13-18(17)25/h2-8,13-14,19,24-25H,9-12H2,1H3,(H,22,27)/t19-/m1/s1. The second-order valence-corrected chi connectivity index (χ2v) is 6.82. The van der Waals surface area contributed by atoms with Gasteiger partial charge < -0.3 is 25.2 Å². The number of nitrogens with zero attached hydrogens (tertiary/aromatic N) is 1. The molecule has 1 aliphatic rings. The molecule has 0 aliphatic carbocycles. The van der Waals surface area contributed by atoms with Gasteiger partial charge in [-0.2, -0.15) is 0 Å². The van der Waals surface area contributed by atoms with Gasteiger partial charge in [0.05, 0.1) is 7.11 Å². The van der Waals surface area contributed by atoms with Crippen LogP contribution in [0.4, 0.5) is 4.79 Å². The van der Waals surface area contributed by atoms with E-state index in [4.69, 9.17) is 4.74 Å². The van der Waals surface area contributed by atoms with Gasteiger partial charge in [0.2, 0.25) is 0 Å². The maximum Gasteiger partial charge on any atom is 0.333 e. The number of hydrogen-bond donors (Lipinski definition) is 3. The summed E-state index contributed by atoms with van der Waals surface area (Å²) in [6.07, 6.45) is 1.36. The van der Waals surface area contributed by atoms with Crippen molar-refractivity contribution in [2.75, 3.05) is 20.2 Å². The molecule has 0 saturated carbocycles. The van der Waals surface area contributed by atoms with Gasteiger partial charge in [-0.15, -0.1) is 0 Å². The van der Waals surface area contributed by atoms with E-state index in [2.05, 4.69) is 5.32 Å². The van der Waals surface area contributed by atoms with Crippen LogP contribution in [0.5, 0.6) is 11.5 Å².